The van der Waals surface area contributed by atoms with Gasteiger partial charge in [0.15, 0.2) is 0 Å². The van der Waals surface area contributed by atoms with Crippen LogP contribution >= 0.6 is 0 Å². The predicted octanol–water partition coefficient (Wildman–Crippen LogP) is 2.55. The van der Waals surface area contributed by atoms with Crippen LogP contribution in [-0.4, -0.2) is 72.9 Å². The lowest BCUT2D eigenvalue weighted by molar-refractivity contribution is 0.0493. The summed E-state index contributed by atoms with van der Waals surface area (Å²) in [5, 5.41) is 14.2. The third-order valence-electron chi connectivity index (χ3n) is 7.00. The second-order valence-corrected chi connectivity index (χ2v) is 9.39. The van der Waals surface area contributed by atoms with E-state index >= 15 is 0 Å². The van der Waals surface area contributed by atoms with Crippen LogP contribution in [0.25, 0.3) is 0 Å². The number of rotatable bonds is 7. The fourth-order valence-electron chi connectivity index (χ4n) is 5.15. The summed E-state index contributed by atoms with van der Waals surface area (Å²) in [6, 6.07) is 14.6. The SMILES string of the molecule is O=C1c2ccc(NCC3CCOC3)cc2CCN1C[C@H](O)CN1CCc2ccccc2C1. The molecule has 1 saturated heterocycles. The monoisotopic (exact) mass is 435 g/mol. The highest BCUT2D eigenvalue weighted by molar-refractivity contribution is 5.97. The molecule has 3 heterocycles. The molecule has 2 aromatic carbocycles. The number of anilines is 1. The standard InChI is InChI=1S/C26H33N3O3/c30-24(16-28-10-7-20-3-1-2-4-22(20)15-28)17-29-11-8-21-13-23(5-6-25(21)26(29)31)27-14-19-9-12-32-18-19/h1-6,13,19,24,27,30H,7-12,14-18H2/t19?,24-/m1/s1. The van der Waals surface area contributed by atoms with E-state index in [1.165, 1.54) is 11.1 Å². The molecule has 2 aromatic rings. The number of nitrogens with zero attached hydrogens (tertiary/aromatic N) is 2. The molecule has 1 unspecified atom stereocenters. The van der Waals surface area contributed by atoms with Crippen LogP contribution in [0.1, 0.15) is 33.5 Å². The number of aliphatic hydroxyl groups is 1. The molecular weight excluding hydrogens is 402 g/mol. The van der Waals surface area contributed by atoms with Crippen molar-refractivity contribution in [2.24, 2.45) is 5.92 Å². The Kier molecular flexibility index (Phi) is 6.44. The van der Waals surface area contributed by atoms with E-state index in [1.807, 2.05) is 17.0 Å². The van der Waals surface area contributed by atoms with Crippen molar-refractivity contribution in [2.75, 3.05) is 51.3 Å². The molecule has 0 bridgehead atoms. The molecule has 3 aliphatic rings. The predicted molar refractivity (Wildman–Crippen MR) is 125 cm³/mol. The lowest BCUT2D eigenvalue weighted by atomic mass is 9.97. The highest BCUT2D eigenvalue weighted by Gasteiger charge is 2.27. The number of carbonyl (C=O) groups is 1. The smallest absolute Gasteiger partial charge is 0.254 e. The molecule has 32 heavy (non-hydrogen) atoms. The van der Waals surface area contributed by atoms with Crippen LogP contribution in [0.15, 0.2) is 42.5 Å². The number of hydrogen-bond acceptors (Lipinski definition) is 5. The lowest BCUT2D eigenvalue weighted by Gasteiger charge is -2.34. The fraction of sp³-hybridized carbons (Fsp3) is 0.500. The summed E-state index contributed by atoms with van der Waals surface area (Å²) in [5.74, 6) is 0.600. The zero-order chi connectivity index (χ0) is 21.9. The van der Waals surface area contributed by atoms with Gasteiger partial charge in [-0.15, -0.1) is 0 Å². The van der Waals surface area contributed by atoms with E-state index in [0.29, 0.717) is 25.6 Å². The van der Waals surface area contributed by atoms with Gasteiger partial charge in [-0.25, -0.2) is 0 Å². The number of β-amino-alcohol motifs (C(OH)–C–C–N with tert-alkyl or cyclic N) is 1. The largest absolute Gasteiger partial charge is 0.390 e. The Morgan fingerprint density at radius 2 is 1.91 bits per heavy atom. The molecule has 6 nitrogen and oxygen atoms in total. The van der Waals surface area contributed by atoms with Crippen molar-refractivity contribution in [3.05, 3.63) is 64.7 Å². The van der Waals surface area contributed by atoms with Gasteiger partial charge in [-0.05, 0) is 54.2 Å². The maximum absolute atomic E-state index is 13.1. The van der Waals surface area contributed by atoms with Gasteiger partial charge in [0, 0.05) is 63.0 Å². The molecule has 1 fully saturated rings. The maximum atomic E-state index is 13.1. The highest BCUT2D eigenvalue weighted by Crippen LogP contribution is 2.24. The number of benzene rings is 2. The summed E-state index contributed by atoms with van der Waals surface area (Å²) >= 11 is 0. The van der Waals surface area contributed by atoms with Gasteiger partial charge >= 0.3 is 0 Å². The minimum Gasteiger partial charge on any atom is -0.390 e. The minimum atomic E-state index is -0.541. The second-order valence-electron chi connectivity index (χ2n) is 9.39. The molecule has 0 aliphatic carbocycles. The van der Waals surface area contributed by atoms with E-state index in [1.54, 1.807) is 0 Å². The molecule has 6 heteroatoms. The number of hydrogen-bond donors (Lipinski definition) is 2. The summed E-state index contributed by atoms with van der Waals surface area (Å²) in [5.41, 5.74) is 5.69. The normalized spacial score (nSPS) is 21.8. The van der Waals surface area contributed by atoms with Crippen molar-refractivity contribution in [3.63, 3.8) is 0 Å². The van der Waals surface area contributed by atoms with Crippen LogP contribution in [-0.2, 0) is 24.1 Å². The average molecular weight is 436 g/mol. The molecule has 0 aromatic heterocycles. The lowest BCUT2D eigenvalue weighted by Crippen LogP contribution is -2.46. The van der Waals surface area contributed by atoms with Crippen LogP contribution in [0.2, 0.25) is 0 Å². The molecule has 0 radical (unpaired) electrons. The number of fused-ring (bicyclic) bond motifs is 2. The average Bonchev–Trinajstić information content (AvgIpc) is 3.33. The first-order valence-corrected chi connectivity index (χ1v) is 11.9. The first kappa shape index (κ1) is 21.4. The highest BCUT2D eigenvalue weighted by atomic mass is 16.5. The van der Waals surface area contributed by atoms with Crippen molar-refractivity contribution in [1.82, 2.24) is 9.80 Å². The molecule has 5 rings (SSSR count). The summed E-state index contributed by atoms with van der Waals surface area (Å²) < 4.78 is 5.44. The summed E-state index contributed by atoms with van der Waals surface area (Å²) in [7, 11) is 0. The fourth-order valence-corrected chi connectivity index (χ4v) is 5.15. The van der Waals surface area contributed by atoms with E-state index in [9.17, 15) is 9.90 Å². The third-order valence-corrected chi connectivity index (χ3v) is 7.00. The quantitative estimate of drug-likeness (QED) is 0.700. The first-order chi connectivity index (χ1) is 15.7. The molecule has 0 spiro atoms. The molecule has 1 amide bonds. The zero-order valence-electron chi connectivity index (χ0n) is 18.6. The number of aliphatic hydroxyl groups excluding tert-OH is 1. The van der Waals surface area contributed by atoms with E-state index in [-0.39, 0.29) is 5.91 Å². The summed E-state index contributed by atoms with van der Waals surface area (Å²) in [4.78, 5) is 17.2. The molecular formula is C26H33N3O3. The van der Waals surface area contributed by atoms with Crippen LogP contribution in [0, 0.1) is 5.92 Å². The van der Waals surface area contributed by atoms with Crippen molar-refractivity contribution in [3.8, 4) is 0 Å². The van der Waals surface area contributed by atoms with Gasteiger partial charge in [-0.1, -0.05) is 24.3 Å². The number of ether oxygens (including phenoxy) is 1. The van der Waals surface area contributed by atoms with Crippen LogP contribution in [0.3, 0.4) is 0 Å². The maximum Gasteiger partial charge on any atom is 0.254 e. The van der Waals surface area contributed by atoms with E-state index in [4.69, 9.17) is 4.74 Å². The Balaban J connectivity index is 1.15. The van der Waals surface area contributed by atoms with Crippen molar-refractivity contribution in [2.45, 2.75) is 31.9 Å². The van der Waals surface area contributed by atoms with Gasteiger partial charge in [0.2, 0.25) is 0 Å². The molecule has 170 valence electrons. The van der Waals surface area contributed by atoms with E-state index < -0.39 is 6.10 Å². The summed E-state index contributed by atoms with van der Waals surface area (Å²) in [6.07, 6.45) is 2.41. The van der Waals surface area contributed by atoms with Gasteiger partial charge in [-0.3, -0.25) is 9.69 Å². The number of carbonyl (C=O) groups excluding carboxylic acids is 1. The van der Waals surface area contributed by atoms with Gasteiger partial charge in [0.05, 0.1) is 12.7 Å². The Hall–Kier alpha value is -2.41. The van der Waals surface area contributed by atoms with Gasteiger partial charge in [-0.2, -0.15) is 0 Å². The third kappa shape index (κ3) is 4.82. The zero-order valence-corrected chi connectivity index (χ0v) is 18.6. The van der Waals surface area contributed by atoms with E-state index in [0.717, 1.165) is 68.9 Å². The Labute approximate surface area is 190 Å². The minimum absolute atomic E-state index is 0.0324. The van der Waals surface area contributed by atoms with Gasteiger partial charge in [0.25, 0.3) is 5.91 Å². The Morgan fingerprint density at radius 1 is 1.06 bits per heavy atom. The molecule has 2 atom stereocenters. The Morgan fingerprint density at radius 3 is 2.75 bits per heavy atom. The van der Waals surface area contributed by atoms with Gasteiger partial charge < -0.3 is 20.1 Å². The molecule has 3 aliphatic heterocycles. The molecule has 0 saturated carbocycles. The van der Waals surface area contributed by atoms with Gasteiger partial charge in [0.1, 0.15) is 0 Å². The topological polar surface area (TPSA) is 65.0 Å². The second kappa shape index (κ2) is 9.61. The Bertz CT molecular complexity index is 957. The van der Waals surface area contributed by atoms with Crippen molar-refractivity contribution in [1.29, 1.82) is 0 Å². The van der Waals surface area contributed by atoms with Crippen LogP contribution in [0.5, 0.6) is 0 Å². The number of amides is 1. The molecule has 2 N–H and O–H groups in total. The summed E-state index contributed by atoms with van der Waals surface area (Å²) in [6.45, 7) is 6.06. The van der Waals surface area contributed by atoms with Crippen molar-refractivity contribution >= 4 is 11.6 Å². The van der Waals surface area contributed by atoms with Crippen molar-refractivity contribution < 1.29 is 14.6 Å². The number of nitrogens with one attached hydrogen (secondary N) is 1. The van der Waals surface area contributed by atoms with Crippen LogP contribution in [0.4, 0.5) is 5.69 Å². The first-order valence-electron chi connectivity index (χ1n) is 11.9. The van der Waals surface area contributed by atoms with E-state index in [2.05, 4.69) is 40.5 Å². The van der Waals surface area contributed by atoms with Crippen LogP contribution < -0.4 is 5.32 Å².